The minimum absolute atomic E-state index is 0.971. The van der Waals surface area contributed by atoms with E-state index in [9.17, 15) is 0 Å². The fraction of sp³-hybridized carbons (Fsp3) is 0.400. The summed E-state index contributed by atoms with van der Waals surface area (Å²) in [6.45, 7) is 6.10. The molecule has 60 valence electrons. The minimum atomic E-state index is 0.971. The Morgan fingerprint density at radius 1 is 1.55 bits per heavy atom. The summed E-state index contributed by atoms with van der Waals surface area (Å²) < 4.78 is 5.47. The Kier molecular flexibility index (Phi) is 2.53. The molecule has 11 heavy (non-hydrogen) atoms. The molecule has 1 rings (SSSR count). The molecule has 1 nitrogen and oxygen atoms in total. The zero-order chi connectivity index (χ0) is 8.27. The van der Waals surface area contributed by atoms with Crippen LogP contribution in [0.4, 0.5) is 0 Å². The Bertz CT molecular complexity index is 256. The molecule has 0 aliphatic heterocycles. The summed E-state index contributed by atoms with van der Waals surface area (Å²) in [4.78, 5) is 0. The average Bonchev–Trinajstić information content (AvgIpc) is 2.33. The van der Waals surface area contributed by atoms with Crippen LogP contribution in [0.25, 0.3) is 6.08 Å². The molecular weight excluding hydrogens is 136 g/mol. The second kappa shape index (κ2) is 3.42. The van der Waals surface area contributed by atoms with Crippen LogP contribution in [0.1, 0.15) is 30.9 Å². The van der Waals surface area contributed by atoms with Gasteiger partial charge >= 0.3 is 0 Å². The van der Waals surface area contributed by atoms with E-state index in [4.69, 9.17) is 4.42 Å². The van der Waals surface area contributed by atoms with E-state index in [2.05, 4.69) is 19.1 Å². The molecule has 1 heteroatoms. The van der Waals surface area contributed by atoms with Gasteiger partial charge in [0.05, 0.1) is 0 Å². The van der Waals surface area contributed by atoms with E-state index in [0.29, 0.717) is 0 Å². The van der Waals surface area contributed by atoms with Crippen LogP contribution in [0.2, 0.25) is 0 Å². The van der Waals surface area contributed by atoms with E-state index >= 15 is 0 Å². The van der Waals surface area contributed by atoms with Crippen LogP contribution < -0.4 is 0 Å². The highest BCUT2D eigenvalue weighted by atomic mass is 16.3. The van der Waals surface area contributed by atoms with Crippen molar-refractivity contribution in [2.24, 2.45) is 0 Å². The molecule has 1 aromatic heterocycles. The van der Waals surface area contributed by atoms with Crippen molar-refractivity contribution in [3.05, 3.63) is 29.2 Å². The van der Waals surface area contributed by atoms with E-state index in [1.54, 1.807) is 0 Å². The van der Waals surface area contributed by atoms with Crippen LogP contribution in [0.3, 0.4) is 0 Å². The summed E-state index contributed by atoms with van der Waals surface area (Å²) in [5.74, 6) is 2.08. The second-order valence-electron chi connectivity index (χ2n) is 2.58. The van der Waals surface area contributed by atoms with E-state index in [1.807, 2.05) is 19.9 Å². The predicted octanol–water partition coefficient (Wildman–Crippen LogP) is 3.18. The van der Waals surface area contributed by atoms with Gasteiger partial charge in [-0.05, 0) is 19.9 Å². The maximum Gasteiger partial charge on any atom is 0.108 e. The highest BCUT2D eigenvalue weighted by Gasteiger charge is 2.01. The largest absolute Gasteiger partial charge is 0.466 e. The van der Waals surface area contributed by atoms with Gasteiger partial charge in [-0.3, -0.25) is 0 Å². The monoisotopic (exact) mass is 150 g/mol. The van der Waals surface area contributed by atoms with E-state index in [0.717, 1.165) is 17.9 Å². The molecule has 1 heterocycles. The van der Waals surface area contributed by atoms with Gasteiger partial charge in [-0.1, -0.05) is 19.1 Å². The first-order valence-electron chi connectivity index (χ1n) is 4.00. The second-order valence-corrected chi connectivity index (χ2v) is 2.58. The van der Waals surface area contributed by atoms with Gasteiger partial charge in [-0.2, -0.15) is 0 Å². The van der Waals surface area contributed by atoms with Crippen LogP contribution in [0, 0.1) is 6.92 Å². The van der Waals surface area contributed by atoms with Gasteiger partial charge in [0.15, 0.2) is 0 Å². The van der Waals surface area contributed by atoms with Crippen LogP contribution in [-0.2, 0) is 6.42 Å². The summed E-state index contributed by atoms with van der Waals surface area (Å²) in [5, 5.41) is 0. The minimum Gasteiger partial charge on any atom is -0.466 e. The summed E-state index contributed by atoms with van der Waals surface area (Å²) in [6, 6.07) is 2.09. The number of rotatable bonds is 2. The number of hydrogen-bond acceptors (Lipinski definition) is 1. The third-order valence-corrected chi connectivity index (χ3v) is 1.70. The lowest BCUT2D eigenvalue weighted by molar-refractivity contribution is 0.488. The number of furan rings is 1. The lowest BCUT2D eigenvalue weighted by Gasteiger charge is -1.84. The molecule has 0 fully saturated rings. The van der Waals surface area contributed by atoms with Crippen LogP contribution in [0.5, 0.6) is 0 Å². The molecule has 0 atom stereocenters. The zero-order valence-electron chi connectivity index (χ0n) is 7.35. The number of allylic oxidation sites excluding steroid dienone is 1. The summed E-state index contributed by atoms with van der Waals surface area (Å²) in [6.07, 6.45) is 5.06. The molecule has 0 unspecified atom stereocenters. The van der Waals surface area contributed by atoms with Gasteiger partial charge in [-0.25, -0.2) is 0 Å². The molecule has 0 radical (unpaired) electrons. The lowest BCUT2D eigenvalue weighted by Crippen LogP contribution is -1.68. The van der Waals surface area contributed by atoms with Crippen LogP contribution in [0.15, 0.2) is 16.6 Å². The highest BCUT2D eigenvalue weighted by Crippen LogP contribution is 2.16. The van der Waals surface area contributed by atoms with E-state index in [1.165, 1.54) is 5.56 Å². The topological polar surface area (TPSA) is 13.1 Å². The first kappa shape index (κ1) is 8.12. The molecule has 0 saturated carbocycles. The third-order valence-electron chi connectivity index (χ3n) is 1.70. The fourth-order valence-electron chi connectivity index (χ4n) is 1.08. The quantitative estimate of drug-likeness (QED) is 0.631. The Morgan fingerprint density at radius 2 is 2.27 bits per heavy atom. The van der Waals surface area contributed by atoms with Gasteiger partial charge in [0, 0.05) is 12.0 Å². The molecule has 0 aliphatic carbocycles. The molecule has 0 bridgehead atoms. The normalized spacial score (nSPS) is 11.2. The Balaban J connectivity index is 2.97. The average molecular weight is 150 g/mol. The molecule has 0 aliphatic rings. The van der Waals surface area contributed by atoms with Crippen molar-refractivity contribution < 1.29 is 4.42 Å². The Hall–Kier alpha value is -0.980. The highest BCUT2D eigenvalue weighted by molar-refractivity contribution is 5.51. The fourth-order valence-corrected chi connectivity index (χ4v) is 1.08. The molecular formula is C10H14O. The lowest BCUT2D eigenvalue weighted by atomic mass is 10.2. The van der Waals surface area contributed by atoms with Gasteiger partial charge in [0.2, 0.25) is 0 Å². The van der Waals surface area contributed by atoms with Gasteiger partial charge in [0.25, 0.3) is 0 Å². The van der Waals surface area contributed by atoms with E-state index < -0.39 is 0 Å². The van der Waals surface area contributed by atoms with Crippen molar-refractivity contribution in [2.45, 2.75) is 27.2 Å². The molecule has 1 aromatic rings. The standard InChI is InChI=1S/C10H14O/c1-4-6-9-7-10(5-2)11-8(9)3/h4,6-7H,5H2,1-3H3/b6-4-. The Morgan fingerprint density at radius 3 is 2.73 bits per heavy atom. The van der Waals surface area contributed by atoms with Crippen molar-refractivity contribution in [3.63, 3.8) is 0 Å². The molecule has 0 saturated heterocycles. The third kappa shape index (κ3) is 1.73. The summed E-state index contributed by atoms with van der Waals surface area (Å²) in [5.41, 5.74) is 1.20. The van der Waals surface area contributed by atoms with Gasteiger partial charge in [-0.15, -0.1) is 0 Å². The summed E-state index contributed by atoms with van der Waals surface area (Å²) in [7, 11) is 0. The molecule has 0 N–H and O–H groups in total. The molecule has 0 amide bonds. The van der Waals surface area contributed by atoms with Crippen LogP contribution >= 0.6 is 0 Å². The molecule has 0 spiro atoms. The first-order valence-corrected chi connectivity index (χ1v) is 4.00. The zero-order valence-corrected chi connectivity index (χ0v) is 7.35. The van der Waals surface area contributed by atoms with Crippen molar-refractivity contribution in [1.29, 1.82) is 0 Å². The van der Waals surface area contributed by atoms with Crippen LogP contribution in [-0.4, -0.2) is 0 Å². The van der Waals surface area contributed by atoms with Crippen molar-refractivity contribution in [2.75, 3.05) is 0 Å². The summed E-state index contributed by atoms with van der Waals surface area (Å²) >= 11 is 0. The van der Waals surface area contributed by atoms with Gasteiger partial charge < -0.3 is 4.42 Å². The van der Waals surface area contributed by atoms with Crippen molar-refractivity contribution >= 4 is 6.08 Å². The van der Waals surface area contributed by atoms with Gasteiger partial charge in [0.1, 0.15) is 11.5 Å². The Labute approximate surface area is 67.7 Å². The van der Waals surface area contributed by atoms with Crippen molar-refractivity contribution in [1.82, 2.24) is 0 Å². The molecule has 0 aromatic carbocycles. The number of aryl methyl sites for hydroxylation is 2. The number of hydrogen-bond donors (Lipinski definition) is 0. The smallest absolute Gasteiger partial charge is 0.108 e. The maximum atomic E-state index is 5.47. The SMILES string of the molecule is C/C=C\c1cc(CC)oc1C. The van der Waals surface area contributed by atoms with E-state index in [-0.39, 0.29) is 0 Å². The van der Waals surface area contributed by atoms with Crippen molar-refractivity contribution in [3.8, 4) is 0 Å². The maximum absolute atomic E-state index is 5.47. The predicted molar refractivity (Wildman–Crippen MR) is 47.5 cm³/mol. The first-order chi connectivity index (χ1) is 5.27.